The Kier molecular flexibility index (Phi) is 4.08. The van der Waals surface area contributed by atoms with E-state index in [0.29, 0.717) is 11.4 Å². The zero-order chi connectivity index (χ0) is 15.4. The summed E-state index contributed by atoms with van der Waals surface area (Å²) < 4.78 is 5.11. The molecule has 0 spiro atoms. The molecule has 0 aliphatic carbocycles. The van der Waals surface area contributed by atoms with E-state index in [4.69, 9.17) is 15.6 Å². The number of nitrogens with one attached hydrogen (secondary N) is 1. The van der Waals surface area contributed by atoms with Crippen molar-refractivity contribution in [2.24, 2.45) is 0 Å². The van der Waals surface area contributed by atoms with Gasteiger partial charge in [0.2, 0.25) is 0 Å². The third kappa shape index (κ3) is 3.11. The summed E-state index contributed by atoms with van der Waals surface area (Å²) in [4.78, 5) is 23.4. The lowest BCUT2D eigenvalue weighted by molar-refractivity contribution is 0.0698. The summed E-state index contributed by atoms with van der Waals surface area (Å²) in [5.74, 6) is -1.27. The zero-order valence-corrected chi connectivity index (χ0v) is 11.3. The highest BCUT2D eigenvalue weighted by Crippen LogP contribution is 2.23. The number of hydrogen-bond acceptors (Lipinski definition) is 4. The minimum atomic E-state index is -1.12. The van der Waals surface area contributed by atoms with Gasteiger partial charge < -0.3 is 20.9 Å². The maximum absolute atomic E-state index is 12.3. The van der Waals surface area contributed by atoms with Crippen LogP contribution in [0.1, 0.15) is 20.7 Å². The molecule has 0 unspecified atom stereocenters. The van der Waals surface area contributed by atoms with Crippen LogP contribution < -0.4 is 15.8 Å². The van der Waals surface area contributed by atoms with Gasteiger partial charge in [-0.05, 0) is 24.3 Å². The fourth-order valence-corrected chi connectivity index (χ4v) is 1.86. The average molecular weight is 286 g/mol. The number of rotatable bonds is 4. The smallest absolute Gasteiger partial charge is 0.337 e. The van der Waals surface area contributed by atoms with E-state index in [9.17, 15) is 9.59 Å². The minimum Gasteiger partial charge on any atom is -0.496 e. The summed E-state index contributed by atoms with van der Waals surface area (Å²) in [5.41, 5.74) is 6.60. The highest BCUT2D eigenvalue weighted by atomic mass is 16.5. The number of carboxylic acids is 1. The van der Waals surface area contributed by atoms with Gasteiger partial charge in [0.15, 0.2) is 0 Å². The van der Waals surface area contributed by atoms with Gasteiger partial charge in [-0.25, -0.2) is 4.79 Å². The molecule has 0 radical (unpaired) electrons. The maximum Gasteiger partial charge on any atom is 0.337 e. The number of carboxylic acid groups (broad SMARTS) is 1. The van der Waals surface area contributed by atoms with Gasteiger partial charge in [0.05, 0.1) is 23.9 Å². The number of methoxy groups -OCH3 is 1. The highest BCUT2D eigenvalue weighted by Gasteiger charge is 2.16. The molecule has 21 heavy (non-hydrogen) atoms. The number of anilines is 2. The van der Waals surface area contributed by atoms with Crippen LogP contribution in [0.25, 0.3) is 0 Å². The number of amides is 1. The molecule has 0 aliphatic heterocycles. The molecular formula is C15H14N2O4. The molecule has 108 valence electrons. The number of para-hydroxylation sites is 1. The van der Waals surface area contributed by atoms with E-state index in [0.717, 1.165) is 0 Å². The third-order valence-electron chi connectivity index (χ3n) is 2.88. The van der Waals surface area contributed by atoms with Crippen molar-refractivity contribution in [1.29, 1.82) is 0 Å². The number of hydrogen-bond donors (Lipinski definition) is 3. The number of benzene rings is 2. The molecule has 0 aliphatic rings. The fraction of sp³-hybridized carbons (Fsp3) is 0.0667. The average Bonchev–Trinajstić information content (AvgIpc) is 2.47. The van der Waals surface area contributed by atoms with Gasteiger partial charge in [0, 0.05) is 11.8 Å². The van der Waals surface area contributed by atoms with Crippen molar-refractivity contribution in [3.8, 4) is 5.75 Å². The lowest BCUT2D eigenvalue weighted by Crippen LogP contribution is -2.15. The van der Waals surface area contributed by atoms with Crippen molar-refractivity contribution >= 4 is 23.3 Å². The summed E-state index contributed by atoms with van der Waals surface area (Å²) in [6, 6.07) is 10.8. The first-order valence-corrected chi connectivity index (χ1v) is 6.10. The highest BCUT2D eigenvalue weighted by molar-refractivity contribution is 6.09. The maximum atomic E-state index is 12.3. The van der Waals surface area contributed by atoms with Gasteiger partial charge in [-0.2, -0.15) is 0 Å². The van der Waals surface area contributed by atoms with Crippen LogP contribution in [0.2, 0.25) is 0 Å². The molecule has 2 aromatic carbocycles. The Morgan fingerprint density at radius 3 is 2.52 bits per heavy atom. The Labute approximate surface area is 121 Å². The van der Waals surface area contributed by atoms with Crippen LogP contribution in [-0.2, 0) is 0 Å². The van der Waals surface area contributed by atoms with Gasteiger partial charge in [-0.3, -0.25) is 4.79 Å². The predicted molar refractivity (Wildman–Crippen MR) is 78.8 cm³/mol. The van der Waals surface area contributed by atoms with E-state index in [1.807, 2.05) is 0 Å². The van der Waals surface area contributed by atoms with Gasteiger partial charge in [-0.15, -0.1) is 0 Å². The second-order valence-electron chi connectivity index (χ2n) is 4.26. The van der Waals surface area contributed by atoms with Gasteiger partial charge >= 0.3 is 5.97 Å². The first-order chi connectivity index (χ1) is 10.0. The van der Waals surface area contributed by atoms with E-state index < -0.39 is 11.9 Å². The molecule has 0 aromatic heterocycles. The number of ether oxygens (including phenoxy) is 1. The molecule has 1 amide bonds. The van der Waals surface area contributed by atoms with Gasteiger partial charge in [-0.1, -0.05) is 12.1 Å². The van der Waals surface area contributed by atoms with Crippen molar-refractivity contribution < 1.29 is 19.4 Å². The fourth-order valence-electron chi connectivity index (χ4n) is 1.86. The minimum absolute atomic E-state index is 0.0141. The van der Waals surface area contributed by atoms with Crippen LogP contribution in [0.4, 0.5) is 11.4 Å². The molecule has 0 bridgehead atoms. The molecular weight excluding hydrogens is 272 g/mol. The molecule has 2 rings (SSSR count). The standard InChI is InChI=1S/C15H14N2O4/c1-21-13-8-9(16)6-7-11(13)14(18)17-12-5-3-2-4-10(12)15(19)20/h2-8H,16H2,1H3,(H,17,18)(H,19,20). The van der Waals surface area contributed by atoms with Gasteiger partial charge in [0.1, 0.15) is 5.75 Å². The Bertz CT molecular complexity index is 698. The topological polar surface area (TPSA) is 102 Å². The monoisotopic (exact) mass is 286 g/mol. The van der Waals surface area contributed by atoms with Crippen LogP contribution in [0.15, 0.2) is 42.5 Å². The molecule has 6 heteroatoms. The normalized spacial score (nSPS) is 9.95. The van der Waals surface area contributed by atoms with Crippen molar-refractivity contribution in [2.75, 3.05) is 18.2 Å². The predicted octanol–water partition coefficient (Wildman–Crippen LogP) is 2.23. The number of nitrogens with two attached hydrogens (primary N) is 1. The number of aromatic carboxylic acids is 1. The molecule has 0 saturated heterocycles. The van der Waals surface area contributed by atoms with E-state index in [-0.39, 0.29) is 16.8 Å². The van der Waals surface area contributed by atoms with Crippen LogP contribution in [-0.4, -0.2) is 24.1 Å². The Hall–Kier alpha value is -3.02. The molecule has 4 N–H and O–H groups in total. The second kappa shape index (κ2) is 5.96. The molecule has 0 saturated carbocycles. The van der Waals surface area contributed by atoms with Crippen LogP contribution in [0, 0.1) is 0 Å². The van der Waals surface area contributed by atoms with E-state index in [2.05, 4.69) is 5.32 Å². The largest absolute Gasteiger partial charge is 0.496 e. The van der Waals surface area contributed by atoms with Crippen LogP contribution in [0.5, 0.6) is 5.75 Å². The van der Waals surface area contributed by atoms with Gasteiger partial charge in [0.25, 0.3) is 5.91 Å². The Morgan fingerprint density at radius 2 is 1.86 bits per heavy atom. The van der Waals surface area contributed by atoms with E-state index in [1.54, 1.807) is 18.2 Å². The summed E-state index contributed by atoms with van der Waals surface area (Å²) in [6.45, 7) is 0. The summed E-state index contributed by atoms with van der Waals surface area (Å²) in [6.07, 6.45) is 0. The van der Waals surface area contributed by atoms with Crippen LogP contribution in [0.3, 0.4) is 0 Å². The van der Waals surface area contributed by atoms with Crippen molar-refractivity contribution in [3.05, 3.63) is 53.6 Å². The van der Waals surface area contributed by atoms with Crippen LogP contribution >= 0.6 is 0 Å². The number of nitrogen functional groups attached to an aromatic ring is 1. The molecule has 0 fully saturated rings. The van der Waals surface area contributed by atoms with Crippen molar-refractivity contribution in [3.63, 3.8) is 0 Å². The first kappa shape index (κ1) is 14.4. The molecule has 0 heterocycles. The number of carbonyl (C=O) groups is 2. The van der Waals surface area contributed by atoms with E-state index >= 15 is 0 Å². The summed E-state index contributed by atoms with van der Waals surface area (Å²) >= 11 is 0. The summed E-state index contributed by atoms with van der Waals surface area (Å²) in [7, 11) is 1.43. The molecule has 2 aromatic rings. The Morgan fingerprint density at radius 1 is 1.14 bits per heavy atom. The van der Waals surface area contributed by atoms with E-state index in [1.165, 1.54) is 31.4 Å². The zero-order valence-electron chi connectivity index (χ0n) is 11.3. The SMILES string of the molecule is COc1cc(N)ccc1C(=O)Nc1ccccc1C(=O)O. The Balaban J connectivity index is 2.33. The molecule has 0 atom stereocenters. The molecule has 6 nitrogen and oxygen atoms in total. The summed E-state index contributed by atoms with van der Waals surface area (Å²) in [5, 5.41) is 11.7. The quantitative estimate of drug-likeness (QED) is 0.748. The third-order valence-corrected chi connectivity index (χ3v) is 2.88. The lowest BCUT2D eigenvalue weighted by atomic mass is 10.1. The second-order valence-corrected chi connectivity index (χ2v) is 4.26. The number of carbonyl (C=O) groups excluding carboxylic acids is 1. The van der Waals surface area contributed by atoms with Crippen molar-refractivity contribution in [1.82, 2.24) is 0 Å². The first-order valence-electron chi connectivity index (χ1n) is 6.10. The van der Waals surface area contributed by atoms with Crippen molar-refractivity contribution in [2.45, 2.75) is 0 Å². The lowest BCUT2D eigenvalue weighted by Gasteiger charge is -2.11.